The van der Waals surface area contributed by atoms with Crippen LogP contribution in [0.1, 0.15) is 34.4 Å². The highest BCUT2D eigenvalue weighted by Gasteiger charge is 2.31. The van der Waals surface area contributed by atoms with Gasteiger partial charge in [-0.3, -0.25) is 0 Å². The van der Waals surface area contributed by atoms with Gasteiger partial charge in [0.1, 0.15) is 29.2 Å². The fourth-order valence-electron chi connectivity index (χ4n) is 4.48. The summed E-state index contributed by atoms with van der Waals surface area (Å²) in [7, 11) is 0. The maximum absolute atomic E-state index is 9.09. The molecule has 29 heavy (non-hydrogen) atoms. The third-order valence-corrected chi connectivity index (χ3v) is 6.61. The molecule has 1 aromatic heterocycles. The van der Waals surface area contributed by atoms with Gasteiger partial charge in [0, 0.05) is 40.4 Å². The Morgan fingerprint density at radius 1 is 1.17 bits per heavy atom. The normalized spacial score (nSPS) is 17.9. The van der Waals surface area contributed by atoms with Crippen LogP contribution in [0.15, 0.2) is 47.1 Å². The van der Waals surface area contributed by atoms with Crippen molar-refractivity contribution in [2.75, 3.05) is 18.0 Å². The molecule has 0 radical (unpaired) electrons. The lowest BCUT2D eigenvalue weighted by molar-refractivity contribution is 0.436. The van der Waals surface area contributed by atoms with Gasteiger partial charge < -0.3 is 9.64 Å². The fourth-order valence-corrected chi connectivity index (χ4v) is 5.23. The Balaban J connectivity index is 1.69. The van der Waals surface area contributed by atoms with Gasteiger partial charge in [-0.25, -0.2) is 0 Å². The van der Waals surface area contributed by atoms with E-state index in [1.165, 1.54) is 29.3 Å². The molecule has 0 N–H and O–H groups in total. The van der Waals surface area contributed by atoms with Crippen LogP contribution in [0.4, 0.5) is 5.69 Å². The van der Waals surface area contributed by atoms with Crippen molar-refractivity contribution in [3.8, 4) is 17.9 Å². The van der Waals surface area contributed by atoms with Gasteiger partial charge in [0.15, 0.2) is 0 Å². The van der Waals surface area contributed by atoms with Crippen molar-refractivity contribution < 1.29 is 4.74 Å². The number of nitriles is 2. The Morgan fingerprint density at radius 2 is 2.00 bits per heavy atom. The minimum absolute atomic E-state index is 0.0652. The van der Waals surface area contributed by atoms with E-state index in [1.807, 2.05) is 23.6 Å². The average Bonchev–Trinajstić information content (AvgIpc) is 3.29. The van der Waals surface area contributed by atoms with E-state index in [-0.39, 0.29) is 5.57 Å². The molecule has 0 spiro atoms. The first-order valence-electron chi connectivity index (χ1n) is 9.88. The van der Waals surface area contributed by atoms with Gasteiger partial charge in [0.2, 0.25) is 0 Å². The molecule has 0 amide bonds. The molecule has 0 saturated heterocycles. The van der Waals surface area contributed by atoms with Crippen LogP contribution in [-0.4, -0.2) is 13.1 Å². The summed E-state index contributed by atoms with van der Waals surface area (Å²) < 4.78 is 6.49. The number of anilines is 1. The number of hydrogen-bond donors (Lipinski definition) is 0. The van der Waals surface area contributed by atoms with E-state index >= 15 is 0 Å². The van der Waals surface area contributed by atoms with E-state index in [9.17, 15) is 0 Å². The van der Waals surface area contributed by atoms with E-state index in [1.54, 1.807) is 17.4 Å². The Hall–Kier alpha value is -3.28. The van der Waals surface area contributed by atoms with E-state index in [0.29, 0.717) is 5.76 Å². The lowest BCUT2D eigenvalue weighted by atomic mass is 9.87. The molecule has 3 aliphatic rings. The van der Waals surface area contributed by atoms with E-state index in [2.05, 4.69) is 23.1 Å². The Kier molecular flexibility index (Phi) is 4.46. The quantitative estimate of drug-likeness (QED) is 0.651. The van der Waals surface area contributed by atoms with Gasteiger partial charge >= 0.3 is 0 Å². The standard InChI is InChI=1S/C24H19N3OS/c25-14-16(15-26)7-8-21-20(22-6-3-11-29-22)13-18-12-17-4-1-9-27-10-2-5-19(23(17)27)24(18)28-21/h3,6-8,11-13H,1-2,4-5,9-10H2/b21-8-. The Labute approximate surface area is 174 Å². The first kappa shape index (κ1) is 17.8. The third-order valence-electron chi connectivity index (χ3n) is 5.71. The summed E-state index contributed by atoms with van der Waals surface area (Å²) in [5, 5.41) is 20.2. The summed E-state index contributed by atoms with van der Waals surface area (Å²) in [4.78, 5) is 3.62. The molecule has 0 aliphatic carbocycles. The second-order valence-electron chi connectivity index (χ2n) is 7.45. The van der Waals surface area contributed by atoms with Crippen LogP contribution in [0.2, 0.25) is 0 Å². The topological polar surface area (TPSA) is 60.1 Å². The molecule has 0 fully saturated rings. The zero-order valence-electron chi connectivity index (χ0n) is 15.9. The van der Waals surface area contributed by atoms with Crippen molar-refractivity contribution >= 4 is 28.7 Å². The zero-order valence-corrected chi connectivity index (χ0v) is 16.8. The molecule has 5 rings (SSSR count). The first-order valence-corrected chi connectivity index (χ1v) is 10.8. The van der Waals surface area contributed by atoms with Crippen LogP contribution < -0.4 is 9.64 Å². The SMILES string of the molecule is N#CC(C#N)=C/C=C1\Oc2c(cc3c4c2CCCN4CCC3)C=C1c1cccs1. The summed E-state index contributed by atoms with van der Waals surface area (Å²) in [6.45, 7) is 2.24. The first-order chi connectivity index (χ1) is 14.3. The zero-order chi connectivity index (χ0) is 19.8. The second-order valence-corrected chi connectivity index (χ2v) is 8.40. The van der Waals surface area contributed by atoms with Crippen LogP contribution in [0.3, 0.4) is 0 Å². The maximum Gasteiger partial charge on any atom is 0.139 e. The number of rotatable bonds is 2. The summed E-state index contributed by atoms with van der Waals surface area (Å²) in [5.41, 5.74) is 6.30. The van der Waals surface area contributed by atoms with Gasteiger partial charge in [-0.1, -0.05) is 6.07 Å². The molecule has 4 heterocycles. The monoisotopic (exact) mass is 397 g/mol. The molecule has 0 saturated carbocycles. The molecule has 4 nitrogen and oxygen atoms in total. The van der Waals surface area contributed by atoms with E-state index < -0.39 is 0 Å². The van der Waals surface area contributed by atoms with Crippen molar-refractivity contribution in [1.82, 2.24) is 0 Å². The number of hydrogen-bond acceptors (Lipinski definition) is 5. The minimum atomic E-state index is 0.0652. The maximum atomic E-state index is 9.09. The van der Waals surface area contributed by atoms with Gasteiger partial charge in [-0.2, -0.15) is 10.5 Å². The van der Waals surface area contributed by atoms with Gasteiger partial charge in [0.25, 0.3) is 0 Å². The Bertz CT molecular complexity index is 1140. The summed E-state index contributed by atoms with van der Waals surface area (Å²) in [5.74, 6) is 1.62. The highest BCUT2D eigenvalue weighted by molar-refractivity contribution is 7.11. The van der Waals surface area contributed by atoms with E-state index in [0.717, 1.165) is 54.1 Å². The van der Waals surface area contributed by atoms with Crippen molar-refractivity contribution in [2.24, 2.45) is 0 Å². The molecular formula is C24H19N3OS. The third kappa shape index (κ3) is 3.05. The lowest BCUT2D eigenvalue weighted by Crippen LogP contribution is -2.35. The smallest absolute Gasteiger partial charge is 0.139 e. The molecule has 0 bridgehead atoms. The lowest BCUT2D eigenvalue weighted by Gasteiger charge is -2.38. The molecule has 2 aromatic rings. The predicted molar refractivity (Wildman–Crippen MR) is 116 cm³/mol. The molecule has 3 aliphatic heterocycles. The summed E-state index contributed by atoms with van der Waals surface area (Å²) in [6, 6.07) is 10.2. The van der Waals surface area contributed by atoms with E-state index in [4.69, 9.17) is 15.3 Å². The highest BCUT2D eigenvalue weighted by atomic mass is 32.1. The molecular weight excluding hydrogens is 378 g/mol. The average molecular weight is 398 g/mol. The largest absolute Gasteiger partial charge is 0.456 e. The van der Waals surface area contributed by atoms with Gasteiger partial charge in [-0.05, 0) is 67.0 Å². The molecule has 142 valence electrons. The molecule has 0 unspecified atom stereocenters. The molecule has 1 aromatic carbocycles. The number of thiophene rings is 1. The van der Waals surface area contributed by atoms with Crippen molar-refractivity contribution in [2.45, 2.75) is 25.7 Å². The van der Waals surface area contributed by atoms with Gasteiger partial charge in [-0.15, -0.1) is 11.3 Å². The highest BCUT2D eigenvalue weighted by Crippen LogP contribution is 2.47. The fraction of sp³-hybridized carbons (Fsp3) is 0.250. The summed E-state index contributed by atoms with van der Waals surface area (Å²) in [6.07, 6.45) is 9.98. The molecule has 0 atom stereocenters. The van der Waals surface area contributed by atoms with Crippen LogP contribution >= 0.6 is 11.3 Å². The van der Waals surface area contributed by atoms with Crippen molar-refractivity contribution in [3.05, 3.63) is 68.6 Å². The van der Waals surface area contributed by atoms with Crippen LogP contribution in [0.25, 0.3) is 11.6 Å². The number of ether oxygens (including phenoxy) is 1. The minimum Gasteiger partial charge on any atom is -0.456 e. The predicted octanol–water partition coefficient (Wildman–Crippen LogP) is 5.24. The van der Waals surface area contributed by atoms with Crippen LogP contribution in [0, 0.1) is 22.7 Å². The van der Waals surface area contributed by atoms with Gasteiger partial charge in [0.05, 0.1) is 0 Å². The summed E-state index contributed by atoms with van der Waals surface area (Å²) >= 11 is 1.66. The number of aryl methyl sites for hydroxylation is 1. The second kappa shape index (κ2) is 7.28. The number of fused-ring (bicyclic) bond motifs is 2. The number of allylic oxidation sites excluding steroid dienone is 4. The number of nitrogens with zero attached hydrogens (tertiary/aromatic N) is 3. The molecule has 5 heteroatoms. The number of benzene rings is 1. The van der Waals surface area contributed by atoms with Crippen LogP contribution in [0.5, 0.6) is 5.75 Å². The van der Waals surface area contributed by atoms with Crippen molar-refractivity contribution in [1.29, 1.82) is 10.5 Å². The van der Waals surface area contributed by atoms with Crippen molar-refractivity contribution in [3.63, 3.8) is 0 Å². The van der Waals surface area contributed by atoms with Crippen LogP contribution in [-0.2, 0) is 12.8 Å². The Morgan fingerprint density at radius 3 is 2.76 bits per heavy atom.